The van der Waals surface area contributed by atoms with Crippen molar-refractivity contribution < 1.29 is 12.6 Å². The van der Waals surface area contributed by atoms with Gasteiger partial charge in [-0.2, -0.15) is 8.42 Å². The highest BCUT2D eigenvalue weighted by molar-refractivity contribution is 7.86. The van der Waals surface area contributed by atoms with Gasteiger partial charge in [-0.15, -0.1) is 0 Å². The molecule has 0 fully saturated rings. The Bertz CT molecular complexity index is 182. The lowest BCUT2D eigenvalue weighted by Crippen LogP contribution is -2.13. The second kappa shape index (κ2) is 3.24. The number of hydrogen-bond donors (Lipinski definition) is 0. The maximum Gasteiger partial charge on any atom is 0.264 e. The Morgan fingerprint density at radius 2 is 2.11 bits per heavy atom. The van der Waals surface area contributed by atoms with Crippen LogP contribution in [0.15, 0.2) is 0 Å². The summed E-state index contributed by atoms with van der Waals surface area (Å²) < 4.78 is 24.9. The first-order valence-electron chi connectivity index (χ1n) is 2.21. The van der Waals surface area contributed by atoms with E-state index in [1.807, 2.05) is 0 Å². The topological polar surface area (TPSA) is 43.4 Å². The first kappa shape index (κ1) is 9.00. The molecule has 0 aromatic carbocycles. The van der Waals surface area contributed by atoms with Gasteiger partial charge in [-0.1, -0.05) is 12.2 Å². The van der Waals surface area contributed by atoms with Gasteiger partial charge in [0.15, 0.2) is 0 Å². The fourth-order valence-corrected chi connectivity index (χ4v) is 0.963. The van der Waals surface area contributed by atoms with E-state index < -0.39 is 16.2 Å². The van der Waals surface area contributed by atoms with Crippen LogP contribution in [0, 0.1) is 0 Å². The highest BCUT2D eigenvalue weighted by Crippen LogP contribution is 1.92. The third kappa shape index (κ3) is 5.88. The molecule has 0 spiro atoms. The molecule has 0 heterocycles. The van der Waals surface area contributed by atoms with Crippen molar-refractivity contribution in [1.29, 1.82) is 0 Å². The second-order valence-corrected chi connectivity index (χ2v) is 3.40. The van der Waals surface area contributed by atoms with E-state index in [2.05, 4.69) is 21.8 Å². The summed E-state index contributed by atoms with van der Waals surface area (Å²) in [5.41, 5.74) is 0. The standard InChI is InChI=1S/C4H7O3S2/c1-4(3-8)7-9(2,5)6/h4H,1-2H3. The summed E-state index contributed by atoms with van der Waals surface area (Å²) >= 11 is 4.30. The molecule has 0 aliphatic heterocycles. The largest absolute Gasteiger partial charge is 0.264 e. The normalized spacial score (nSPS) is 14.9. The van der Waals surface area contributed by atoms with E-state index in [0.29, 0.717) is 0 Å². The van der Waals surface area contributed by atoms with Crippen LogP contribution in [0.1, 0.15) is 6.92 Å². The molecule has 5 heteroatoms. The molecule has 9 heavy (non-hydrogen) atoms. The zero-order valence-electron chi connectivity index (χ0n) is 5.12. The van der Waals surface area contributed by atoms with Crippen molar-refractivity contribution in [2.45, 2.75) is 13.0 Å². The average Bonchev–Trinajstić information content (AvgIpc) is 1.62. The number of thiocarbonyl (C=S) groups is 1. The van der Waals surface area contributed by atoms with Crippen molar-refractivity contribution in [3.63, 3.8) is 0 Å². The molecule has 1 atom stereocenters. The van der Waals surface area contributed by atoms with Crippen LogP contribution in [-0.2, 0) is 14.3 Å². The van der Waals surface area contributed by atoms with Crippen LogP contribution >= 0.6 is 12.2 Å². The molecule has 0 N–H and O–H groups in total. The van der Waals surface area contributed by atoms with E-state index in [1.165, 1.54) is 6.92 Å². The molecule has 0 aromatic heterocycles. The molecule has 0 bridgehead atoms. The van der Waals surface area contributed by atoms with Crippen LogP contribution in [0.5, 0.6) is 0 Å². The zero-order chi connectivity index (χ0) is 7.49. The Balaban J connectivity index is 3.89. The van der Waals surface area contributed by atoms with Gasteiger partial charge in [0.2, 0.25) is 0 Å². The van der Waals surface area contributed by atoms with Crippen LogP contribution in [0.2, 0.25) is 0 Å². The van der Waals surface area contributed by atoms with Crippen LogP contribution in [0.4, 0.5) is 0 Å². The number of rotatable bonds is 3. The van der Waals surface area contributed by atoms with Crippen LogP contribution in [0.3, 0.4) is 0 Å². The molecule has 0 amide bonds. The van der Waals surface area contributed by atoms with Gasteiger partial charge >= 0.3 is 0 Å². The minimum absolute atomic E-state index is 0.630. The van der Waals surface area contributed by atoms with Crippen molar-refractivity contribution in [2.24, 2.45) is 0 Å². The minimum atomic E-state index is -3.36. The molecule has 1 radical (unpaired) electrons. The van der Waals surface area contributed by atoms with E-state index in [1.54, 1.807) is 0 Å². The molecule has 0 rings (SSSR count). The van der Waals surface area contributed by atoms with Crippen LogP contribution in [0.25, 0.3) is 0 Å². The van der Waals surface area contributed by atoms with Gasteiger partial charge in [-0.05, 0) is 6.92 Å². The van der Waals surface area contributed by atoms with Gasteiger partial charge < -0.3 is 0 Å². The quantitative estimate of drug-likeness (QED) is 0.446. The van der Waals surface area contributed by atoms with Gasteiger partial charge in [0.1, 0.15) is 6.10 Å². The molecule has 0 aliphatic carbocycles. The monoisotopic (exact) mass is 167 g/mol. The molecule has 53 valence electrons. The third-order valence-electron chi connectivity index (χ3n) is 0.485. The van der Waals surface area contributed by atoms with Crippen LogP contribution in [-0.4, -0.2) is 26.1 Å². The predicted molar refractivity (Wildman–Crippen MR) is 38.0 cm³/mol. The van der Waals surface area contributed by atoms with Crippen molar-refractivity contribution in [3.05, 3.63) is 0 Å². The Morgan fingerprint density at radius 1 is 1.67 bits per heavy atom. The van der Waals surface area contributed by atoms with E-state index in [9.17, 15) is 8.42 Å². The van der Waals surface area contributed by atoms with Crippen molar-refractivity contribution in [2.75, 3.05) is 6.26 Å². The predicted octanol–water partition coefficient (Wildman–Crippen LogP) is 0.228. The van der Waals surface area contributed by atoms with E-state index in [-0.39, 0.29) is 0 Å². The summed E-state index contributed by atoms with van der Waals surface area (Å²) in [4.78, 5) is 0. The van der Waals surface area contributed by atoms with Gasteiger partial charge in [0.05, 0.1) is 11.6 Å². The molecule has 0 saturated heterocycles. The summed E-state index contributed by atoms with van der Waals surface area (Å²) in [7, 11) is -3.36. The highest BCUT2D eigenvalue weighted by atomic mass is 32.2. The lowest BCUT2D eigenvalue weighted by Gasteiger charge is -2.01. The summed E-state index contributed by atoms with van der Waals surface area (Å²) in [5.74, 6) is 0. The van der Waals surface area contributed by atoms with E-state index >= 15 is 0 Å². The fraction of sp³-hybridized carbons (Fsp3) is 0.750. The van der Waals surface area contributed by atoms with Gasteiger partial charge in [-0.3, -0.25) is 4.18 Å². The third-order valence-corrected chi connectivity index (χ3v) is 1.46. The molecule has 1 unspecified atom stereocenters. The first-order valence-corrected chi connectivity index (χ1v) is 4.44. The molecular formula is C4H7O3S2. The van der Waals surface area contributed by atoms with Gasteiger partial charge in [0.25, 0.3) is 10.1 Å². The summed E-state index contributed by atoms with van der Waals surface area (Å²) in [5, 5.41) is 2.20. The van der Waals surface area contributed by atoms with Crippen molar-refractivity contribution in [3.8, 4) is 0 Å². The average molecular weight is 167 g/mol. The molecule has 3 nitrogen and oxygen atoms in total. The first-order chi connectivity index (χ1) is 3.95. The SMILES string of the molecule is CC([C]=S)OS(C)(=O)=O. The summed E-state index contributed by atoms with van der Waals surface area (Å²) in [6.45, 7) is 1.51. The summed E-state index contributed by atoms with van der Waals surface area (Å²) in [6.07, 6.45) is 0.339. The minimum Gasteiger partial charge on any atom is -0.262 e. The lowest BCUT2D eigenvalue weighted by molar-refractivity contribution is 0.300. The van der Waals surface area contributed by atoms with Gasteiger partial charge in [-0.25, -0.2) is 0 Å². The molecule has 0 saturated carbocycles. The fourth-order valence-electron chi connectivity index (χ4n) is 0.282. The smallest absolute Gasteiger partial charge is 0.262 e. The Hall–Kier alpha value is -0.0000000000000000555. The maximum atomic E-state index is 10.3. The maximum absolute atomic E-state index is 10.3. The highest BCUT2D eigenvalue weighted by Gasteiger charge is 2.06. The van der Waals surface area contributed by atoms with Crippen molar-refractivity contribution in [1.82, 2.24) is 0 Å². The van der Waals surface area contributed by atoms with E-state index in [0.717, 1.165) is 6.26 Å². The Morgan fingerprint density at radius 3 is 2.22 bits per heavy atom. The Kier molecular flexibility index (Phi) is 3.24. The van der Waals surface area contributed by atoms with Crippen LogP contribution < -0.4 is 0 Å². The second-order valence-electron chi connectivity index (χ2n) is 1.56. The molecule has 0 aliphatic rings. The van der Waals surface area contributed by atoms with Crippen molar-refractivity contribution >= 4 is 27.7 Å². The summed E-state index contributed by atoms with van der Waals surface area (Å²) in [6, 6.07) is 0. The molecular weight excluding hydrogens is 160 g/mol. The number of hydrogen-bond acceptors (Lipinski definition) is 4. The molecule has 0 aromatic rings. The Labute approximate surface area is 60.1 Å². The zero-order valence-corrected chi connectivity index (χ0v) is 6.75. The van der Waals surface area contributed by atoms with Gasteiger partial charge in [0, 0.05) is 0 Å². The van der Waals surface area contributed by atoms with E-state index in [4.69, 9.17) is 0 Å². The lowest BCUT2D eigenvalue weighted by atomic mass is 10.5.